The van der Waals surface area contributed by atoms with Crippen LogP contribution in [0.4, 0.5) is 0 Å². The zero-order valence-electron chi connectivity index (χ0n) is 15.9. The Morgan fingerprint density at radius 3 is 2.68 bits per heavy atom. The predicted molar refractivity (Wildman–Crippen MR) is 109 cm³/mol. The van der Waals surface area contributed by atoms with E-state index in [1.165, 1.54) is 0 Å². The van der Waals surface area contributed by atoms with Crippen molar-refractivity contribution in [3.63, 3.8) is 0 Å². The van der Waals surface area contributed by atoms with Crippen LogP contribution in [-0.4, -0.2) is 27.5 Å². The van der Waals surface area contributed by atoms with Gasteiger partial charge in [-0.3, -0.25) is 14.8 Å². The molecule has 1 amide bonds. The number of amides is 1. The molecular weight excluding hydrogens is 372 g/mol. The fraction of sp³-hybridized carbons (Fsp3) is 0.238. The van der Waals surface area contributed by atoms with Crippen LogP contribution in [-0.2, 0) is 0 Å². The highest BCUT2D eigenvalue weighted by molar-refractivity contribution is 7.14. The van der Waals surface area contributed by atoms with Crippen LogP contribution < -0.4 is 10.1 Å². The number of rotatable bonds is 6. The van der Waals surface area contributed by atoms with E-state index >= 15 is 0 Å². The predicted octanol–water partition coefficient (Wildman–Crippen LogP) is 3.72. The van der Waals surface area contributed by atoms with E-state index in [4.69, 9.17) is 11.2 Å². The van der Waals surface area contributed by atoms with Gasteiger partial charge in [0.1, 0.15) is 17.4 Å². The van der Waals surface area contributed by atoms with Gasteiger partial charge in [0, 0.05) is 28.4 Å². The second kappa shape index (κ2) is 8.63. The maximum Gasteiger partial charge on any atom is 0.251 e. The first kappa shape index (κ1) is 19.5. The van der Waals surface area contributed by atoms with Gasteiger partial charge in [0.05, 0.1) is 23.6 Å². The van der Waals surface area contributed by atoms with Crippen LogP contribution >= 0.6 is 11.3 Å². The van der Waals surface area contributed by atoms with Gasteiger partial charge in [-0.25, -0.2) is 4.98 Å². The Kier molecular flexibility index (Phi) is 6.02. The van der Waals surface area contributed by atoms with Crippen molar-refractivity contribution in [2.75, 3.05) is 6.61 Å². The highest BCUT2D eigenvalue weighted by atomic mass is 32.1. The van der Waals surface area contributed by atoms with E-state index in [9.17, 15) is 4.79 Å². The van der Waals surface area contributed by atoms with Crippen molar-refractivity contribution >= 4 is 17.2 Å². The molecule has 3 rings (SSSR count). The van der Waals surface area contributed by atoms with Crippen molar-refractivity contribution in [3.05, 3.63) is 58.6 Å². The number of carbonyl (C=O) groups excluding carboxylic acids is 1. The number of terminal acetylenes is 1. The van der Waals surface area contributed by atoms with Gasteiger partial charge in [0.25, 0.3) is 5.91 Å². The molecule has 0 spiro atoms. The van der Waals surface area contributed by atoms with Crippen LogP contribution in [0.15, 0.2) is 36.8 Å². The fourth-order valence-corrected chi connectivity index (χ4v) is 3.28. The first-order valence-corrected chi connectivity index (χ1v) is 9.51. The van der Waals surface area contributed by atoms with E-state index < -0.39 is 0 Å². The van der Waals surface area contributed by atoms with E-state index in [0.717, 1.165) is 21.1 Å². The third kappa shape index (κ3) is 4.72. The lowest BCUT2D eigenvalue weighted by Crippen LogP contribution is -2.27. The molecule has 142 valence electrons. The van der Waals surface area contributed by atoms with Gasteiger partial charge in [-0.2, -0.15) is 0 Å². The molecular formula is C21H20N4O2S. The maximum atomic E-state index is 12.8. The molecule has 2 heterocycles. The maximum absolute atomic E-state index is 12.8. The smallest absolute Gasteiger partial charge is 0.251 e. The molecule has 2 aromatic heterocycles. The lowest BCUT2D eigenvalue weighted by atomic mass is 10.1. The molecule has 0 fully saturated rings. The number of hydrogen-bond donors (Lipinski definition) is 1. The SMILES string of the molecule is C#CCOc1cc(C(=O)NC(C)c2cnc(C)cn2)cc(-c2ncc(C)s2)c1. The van der Waals surface area contributed by atoms with Gasteiger partial charge in [-0.05, 0) is 39.0 Å². The minimum absolute atomic E-state index is 0.122. The standard InChI is InChI=1S/C21H20N4O2S/c1-5-6-27-18-8-16(7-17(9-18)21-24-11-14(3)28-21)20(26)25-15(4)19-12-22-13(2)10-23-19/h1,7-12,15H,6H2,2-4H3,(H,25,26). The van der Waals surface area contributed by atoms with Gasteiger partial charge in [-0.1, -0.05) is 5.92 Å². The number of ether oxygens (including phenoxy) is 1. The third-order valence-electron chi connectivity index (χ3n) is 3.95. The quantitative estimate of drug-likeness (QED) is 0.647. The molecule has 1 N–H and O–H groups in total. The minimum atomic E-state index is -0.290. The molecule has 0 radical (unpaired) electrons. The van der Waals surface area contributed by atoms with Crippen molar-refractivity contribution in [1.29, 1.82) is 0 Å². The van der Waals surface area contributed by atoms with Gasteiger partial charge in [-0.15, -0.1) is 17.8 Å². The van der Waals surface area contributed by atoms with Crippen molar-refractivity contribution in [2.24, 2.45) is 0 Å². The monoisotopic (exact) mass is 392 g/mol. The lowest BCUT2D eigenvalue weighted by Gasteiger charge is -2.14. The second-order valence-electron chi connectivity index (χ2n) is 6.29. The summed E-state index contributed by atoms with van der Waals surface area (Å²) >= 11 is 1.55. The van der Waals surface area contributed by atoms with Crippen molar-refractivity contribution < 1.29 is 9.53 Å². The van der Waals surface area contributed by atoms with Gasteiger partial charge in [0.15, 0.2) is 0 Å². The summed E-state index contributed by atoms with van der Waals surface area (Å²) in [4.78, 5) is 26.9. The second-order valence-corrected chi connectivity index (χ2v) is 7.53. The molecule has 0 aliphatic rings. The zero-order valence-corrected chi connectivity index (χ0v) is 16.7. The topological polar surface area (TPSA) is 77.0 Å². The summed E-state index contributed by atoms with van der Waals surface area (Å²) < 4.78 is 5.56. The van der Waals surface area contributed by atoms with Crippen molar-refractivity contribution in [3.8, 4) is 28.7 Å². The van der Waals surface area contributed by atoms with Gasteiger partial charge < -0.3 is 10.1 Å². The van der Waals surface area contributed by atoms with E-state index in [2.05, 4.69) is 26.2 Å². The van der Waals surface area contributed by atoms with E-state index in [1.54, 1.807) is 42.1 Å². The van der Waals surface area contributed by atoms with Crippen LogP contribution in [0.2, 0.25) is 0 Å². The largest absolute Gasteiger partial charge is 0.481 e. The Morgan fingerprint density at radius 2 is 2.04 bits per heavy atom. The Hall–Kier alpha value is -3.24. The molecule has 1 unspecified atom stereocenters. The van der Waals surface area contributed by atoms with Gasteiger partial charge in [0.2, 0.25) is 0 Å². The van der Waals surface area contributed by atoms with Crippen molar-refractivity contribution in [1.82, 2.24) is 20.3 Å². The fourth-order valence-electron chi connectivity index (χ4n) is 2.53. The third-order valence-corrected chi connectivity index (χ3v) is 4.91. The molecule has 1 atom stereocenters. The Bertz CT molecular complexity index is 1020. The van der Waals surface area contributed by atoms with Crippen LogP contribution in [0, 0.1) is 26.2 Å². The highest BCUT2D eigenvalue weighted by Crippen LogP contribution is 2.29. The Morgan fingerprint density at radius 1 is 1.21 bits per heavy atom. The number of nitrogens with zero attached hydrogens (tertiary/aromatic N) is 3. The van der Waals surface area contributed by atoms with E-state index in [1.807, 2.05) is 26.8 Å². The summed E-state index contributed by atoms with van der Waals surface area (Å²) in [7, 11) is 0. The van der Waals surface area contributed by atoms with E-state index in [-0.39, 0.29) is 18.6 Å². The molecule has 0 aliphatic carbocycles. The van der Waals surface area contributed by atoms with Crippen LogP contribution in [0.1, 0.15) is 39.6 Å². The molecule has 6 nitrogen and oxygen atoms in total. The first-order valence-electron chi connectivity index (χ1n) is 8.70. The first-order chi connectivity index (χ1) is 13.5. The summed E-state index contributed by atoms with van der Waals surface area (Å²) in [6.07, 6.45) is 10.4. The van der Waals surface area contributed by atoms with E-state index in [0.29, 0.717) is 17.0 Å². The summed E-state index contributed by atoms with van der Waals surface area (Å²) in [6, 6.07) is 5.01. The van der Waals surface area contributed by atoms with Gasteiger partial charge >= 0.3 is 0 Å². The lowest BCUT2D eigenvalue weighted by molar-refractivity contribution is 0.0938. The summed E-state index contributed by atoms with van der Waals surface area (Å²) in [5.41, 5.74) is 2.78. The number of thiazole rings is 1. The van der Waals surface area contributed by atoms with Crippen molar-refractivity contribution in [2.45, 2.75) is 26.8 Å². The average Bonchev–Trinajstić information content (AvgIpc) is 3.13. The molecule has 0 aliphatic heterocycles. The molecule has 0 saturated heterocycles. The minimum Gasteiger partial charge on any atom is -0.481 e. The average molecular weight is 392 g/mol. The molecule has 0 bridgehead atoms. The number of aryl methyl sites for hydroxylation is 2. The normalized spacial score (nSPS) is 11.5. The number of nitrogens with one attached hydrogen (secondary N) is 1. The zero-order chi connectivity index (χ0) is 20.1. The molecule has 1 aromatic carbocycles. The number of hydrogen-bond acceptors (Lipinski definition) is 6. The molecule has 0 saturated carbocycles. The summed E-state index contributed by atoms with van der Waals surface area (Å²) in [6.45, 7) is 5.83. The van der Waals surface area contributed by atoms with Crippen LogP contribution in [0.25, 0.3) is 10.6 Å². The Labute approximate surface area is 168 Å². The Balaban J connectivity index is 1.87. The number of benzene rings is 1. The number of carbonyl (C=O) groups is 1. The molecule has 7 heteroatoms. The van der Waals surface area contributed by atoms with Crippen LogP contribution in [0.5, 0.6) is 5.75 Å². The summed E-state index contributed by atoms with van der Waals surface area (Å²) in [5.74, 6) is 2.72. The molecule has 28 heavy (non-hydrogen) atoms. The summed E-state index contributed by atoms with van der Waals surface area (Å²) in [5, 5.41) is 3.76. The number of aromatic nitrogens is 3. The molecule has 3 aromatic rings. The van der Waals surface area contributed by atoms with Crippen LogP contribution in [0.3, 0.4) is 0 Å². The highest BCUT2D eigenvalue weighted by Gasteiger charge is 2.16.